The van der Waals surface area contributed by atoms with Gasteiger partial charge >= 0.3 is 6.03 Å². The van der Waals surface area contributed by atoms with Crippen LogP contribution in [0, 0.1) is 24.7 Å². The summed E-state index contributed by atoms with van der Waals surface area (Å²) in [6.07, 6.45) is 1.81. The van der Waals surface area contributed by atoms with Gasteiger partial charge in [-0.15, -0.1) is 0 Å². The predicted octanol–water partition coefficient (Wildman–Crippen LogP) is 5.47. The number of benzene rings is 2. The van der Waals surface area contributed by atoms with E-state index in [0.717, 1.165) is 29.9 Å². The molecule has 38 heavy (non-hydrogen) atoms. The summed E-state index contributed by atoms with van der Waals surface area (Å²) < 4.78 is 26.7. The lowest BCUT2D eigenvalue weighted by atomic mass is 10.0. The molecule has 206 valence electrons. The van der Waals surface area contributed by atoms with Crippen molar-refractivity contribution in [2.45, 2.75) is 65.0 Å². The van der Waals surface area contributed by atoms with Gasteiger partial charge in [-0.05, 0) is 73.8 Å². The number of carbonyl (C=O) groups excluding carboxylic acids is 2. The average molecular weight is 541 g/mol. The molecule has 0 aromatic heterocycles. The molecule has 0 heterocycles. The number of hydrogen-bond donors (Lipinski definition) is 3. The smallest absolute Gasteiger partial charge is 0.323 e. The molecule has 3 amide bonds. The van der Waals surface area contributed by atoms with E-state index < -0.39 is 21.2 Å². The van der Waals surface area contributed by atoms with Crippen LogP contribution in [0.15, 0.2) is 42.5 Å². The van der Waals surface area contributed by atoms with Crippen molar-refractivity contribution in [1.82, 2.24) is 4.72 Å². The molecular weight excluding hydrogens is 500 g/mol. The molecule has 8 nitrogen and oxygen atoms in total. The second kappa shape index (κ2) is 11.4. The molecule has 0 unspecified atom stereocenters. The molecule has 2 aliphatic carbocycles. The summed E-state index contributed by atoms with van der Waals surface area (Å²) in [7, 11) is -3.57. The molecule has 2 atom stereocenters. The molecule has 2 aromatic carbocycles. The van der Waals surface area contributed by atoms with Crippen LogP contribution in [0.1, 0.15) is 64.0 Å². The summed E-state index contributed by atoms with van der Waals surface area (Å²) in [5.74, 6) is -0.0483. The van der Waals surface area contributed by atoms with Crippen LogP contribution in [0.5, 0.6) is 0 Å². The normalized spacial score (nSPS) is 18.8. The number of carbonyl (C=O) groups is 2. The van der Waals surface area contributed by atoms with E-state index in [0.29, 0.717) is 42.5 Å². The molecule has 9 heteroatoms. The molecular formula is C29H40N4O4S. The third-order valence-corrected chi connectivity index (χ3v) is 8.69. The van der Waals surface area contributed by atoms with Crippen molar-refractivity contribution in [3.05, 3.63) is 53.6 Å². The molecule has 0 aliphatic heterocycles. The summed E-state index contributed by atoms with van der Waals surface area (Å²) in [4.78, 5) is 28.0. The highest BCUT2D eigenvalue weighted by atomic mass is 32.2. The first kappa shape index (κ1) is 28.0. The zero-order valence-corrected chi connectivity index (χ0v) is 23.8. The third-order valence-electron chi connectivity index (χ3n) is 6.85. The van der Waals surface area contributed by atoms with Gasteiger partial charge in [-0.2, -0.15) is 0 Å². The Morgan fingerprint density at radius 1 is 0.947 bits per heavy atom. The van der Waals surface area contributed by atoms with E-state index in [2.05, 4.69) is 48.0 Å². The number of sulfonamides is 1. The Balaban J connectivity index is 1.56. The van der Waals surface area contributed by atoms with Crippen molar-refractivity contribution >= 4 is 39.0 Å². The van der Waals surface area contributed by atoms with E-state index in [1.54, 1.807) is 0 Å². The summed E-state index contributed by atoms with van der Waals surface area (Å²) in [6, 6.07) is 13.2. The lowest BCUT2D eigenvalue weighted by molar-refractivity contribution is -0.120. The lowest BCUT2D eigenvalue weighted by Gasteiger charge is -2.30. The number of amides is 3. The SMILES string of the molecule is Cc1ccc(NC(=O)Nc2cc([C@@H]3C[C@@H]3C(=O)NS(=O)(=O)C3CC3)ccc2N(CC(C)C)CC(C)C)cc1. The Labute approximate surface area is 226 Å². The minimum absolute atomic E-state index is 0.0807. The molecule has 0 saturated heterocycles. The molecule has 4 rings (SSSR count). The highest BCUT2D eigenvalue weighted by molar-refractivity contribution is 7.90. The van der Waals surface area contributed by atoms with Gasteiger partial charge in [0.15, 0.2) is 0 Å². The van der Waals surface area contributed by atoms with Gasteiger partial charge < -0.3 is 15.5 Å². The van der Waals surface area contributed by atoms with Crippen molar-refractivity contribution in [1.29, 1.82) is 0 Å². The first-order valence-corrected chi connectivity index (χ1v) is 15.1. The van der Waals surface area contributed by atoms with E-state index >= 15 is 0 Å². The van der Waals surface area contributed by atoms with Gasteiger partial charge in [0.05, 0.1) is 16.6 Å². The Bertz CT molecular complexity index is 1260. The zero-order valence-electron chi connectivity index (χ0n) is 23.0. The van der Waals surface area contributed by atoms with Crippen LogP contribution < -0.4 is 20.3 Å². The van der Waals surface area contributed by atoms with Crippen molar-refractivity contribution < 1.29 is 18.0 Å². The minimum atomic E-state index is -3.57. The number of anilines is 3. The maximum Gasteiger partial charge on any atom is 0.323 e. The third kappa shape index (κ3) is 7.28. The molecule has 2 fully saturated rings. The Morgan fingerprint density at radius 3 is 2.16 bits per heavy atom. The van der Waals surface area contributed by atoms with Crippen LogP contribution in [-0.4, -0.2) is 38.7 Å². The van der Waals surface area contributed by atoms with Gasteiger partial charge in [0.25, 0.3) is 0 Å². The van der Waals surface area contributed by atoms with Gasteiger partial charge in [0.1, 0.15) is 0 Å². The molecule has 0 radical (unpaired) electrons. The summed E-state index contributed by atoms with van der Waals surface area (Å²) in [5, 5.41) is 5.51. The number of aryl methyl sites for hydroxylation is 1. The maximum atomic E-state index is 13.0. The standard InChI is InChI=1S/C29H40N4O4S/c1-18(2)16-33(17-19(3)4)27-13-8-21(24-15-25(24)28(34)32-38(36,37)23-11-12-23)14-26(27)31-29(35)30-22-9-6-20(5)7-10-22/h6-10,13-14,18-19,23-25H,11-12,15-17H2,1-5H3,(H,32,34)(H2,30,31,35)/t24-,25-/m0/s1. The van der Waals surface area contributed by atoms with E-state index in [1.807, 2.05) is 49.4 Å². The van der Waals surface area contributed by atoms with Crippen molar-refractivity contribution in [2.24, 2.45) is 17.8 Å². The fraction of sp³-hybridized carbons (Fsp3) is 0.517. The summed E-state index contributed by atoms with van der Waals surface area (Å²) >= 11 is 0. The number of rotatable bonds is 11. The van der Waals surface area contributed by atoms with E-state index in [1.165, 1.54) is 0 Å². The van der Waals surface area contributed by atoms with Gasteiger partial charge in [-0.3, -0.25) is 9.52 Å². The molecule has 2 aromatic rings. The van der Waals surface area contributed by atoms with E-state index in [9.17, 15) is 18.0 Å². The van der Waals surface area contributed by atoms with Crippen LogP contribution in [-0.2, 0) is 14.8 Å². The highest BCUT2D eigenvalue weighted by Crippen LogP contribution is 2.49. The first-order valence-electron chi connectivity index (χ1n) is 13.5. The Hall–Kier alpha value is -3.07. The van der Waals surface area contributed by atoms with Crippen LogP contribution in [0.4, 0.5) is 21.9 Å². The molecule has 2 saturated carbocycles. The largest absolute Gasteiger partial charge is 0.369 e. The lowest BCUT2D eigenvalue weighted by Crippen LogP contribution is -2.34. The van der Waals surface area contributed by atoms with Crippen molar-refractivity contribution in [3.63, 3.8) is 0 Å². The number of nitrogens with zero attached hydrogens (tertiary/aromatic N) is 1. The fourth-order valence-electron chi connectivity index (χ4n) is 4.77. The van der Waals surface area contributed by atoms with Crippen molar-refractivity contribution in [2.75, 3.05) is 28.6 Å². The summed E-state index contributed by atoms with van der Waals surface area (Å²) in [5.41, 5.74) is 4.32. The topological polar surface area (TPSA) is 108 Å². The van der Waals surface area contributed by atoms with Gasteiger partial charge in [-0.25, -0.2) is 13.2 Å². The number of hydrogen-bond acceptors (Lipinski definition) is 5. The number of urea groups is 1. The maximum absolute atomic E-state index is 13.0. The predicted molar refractivity (Wildman–Crippen MR) is 153 cm³/mol. The quantitative estimate of drug-likeness (QED) is 0.350. The van der Waals surface area contributed by atoms with E-state index in [-0.39, 0.29) is 17.9 Å². The van der Waals surface area contributed by atoms with Crippen LogP contribution in [0.25, 0.3) is 0 Å². The molecule has 0 spiro atoms. The van der Waals surface area contributed by atoms with E-state index in [4.69, 9.17) is 0 Å². The van der Waals surface area contributed by atoms with Gasteiger partial charge in [0, 0.05) is 24.7 Å². The Kier molecular flexibility index (Phi) is 8.35. The second-order valence-corrected chi connectivity index (χ2v) is 13.5. The van der Waals surface area contributed by atoms with Crippen molar-refractivity contribution in [3.8, 4) is 0 Å². The Morgan fingerprint density at radius 2 is 1.58 bits per heavy atom. The van der Waals surface area contributed by atoms with Gasteiger partial charge in [0.2, 0.25) is 15.9 Å². The zero-order chi connectivity index (χ0) is 27.6. The fourth-order valence-corrected chi connectivity index (χ4v) is 6.12. The average Bonchev–Trinajstić information content (AvgIpc) is 3.72. The number of nitrogens with one attached hydrogen (secondary N) is 3. The first-order chi connectivity index (χ1) is 17.9. The summed E-state index contributed by atoms with van der Waals surface area (Å²) in [6.45, 7) is 12.3. The minimum Gasteiger partial charge on any atom is -0.369 e. The molecule has 0 bridgehead atoms. The van der Waals surface area contributed by atoms with Crippen LogP contribution in [0.2, 0.25) is 0 Å². The monoisotopic (exact) mass is 540 g/mol. The second-order valence-electron chi connectivity index (χ2n) is 11.6. The van der Waals surface area contributed by atoms with Crippen LogP contribution >= 0.6 is 0 Å². The molecule has 2 aliphatic rings. The molecule has 3 N–H and O–H groups in total. The van der Waals surface area contributed by atoms with Crippen LogP contribution in [0.3, 0.4) is 0 Å². The van der Waals surface area contributed by atoms with Gasteiger partial charge in [-0.1, -0.05) is 51.5 Å². The highest BCUT2D eigenvalue weighted by Gasteiger charge is 2.47.